The van der Waals surface area contributed by atoms with Crippen LogP contribution in [0.2, 0.25) is 0 Å². The highest BCUT2D eigenvalue weighted by atomic mass is 15.3. The number of imidazole rings is 1. The first kappa shape index (κ1) is 15.9. The summed E-state index contributed by atoms with van der Waals surface area (Å²) in [6, 6.07) is 0. The molecule has 5 nitrogen and oxygen atoms in total. The molecule has 1 N–H and O–H groups in total. The van der Waals surface area contributed by atoms with Crippen LogP contribution in [0.5, 0.6) is 0 Å². The molecule has 0 spiro atoms. The third-order valence-corrected chi connectivity index (χ3v) is 4.47. The van der Waals surface area contributed by atoms with Crippen LogP contribution in [0.25, 0.3) is 0 Å². The number of rotatable bonds is 4. The number of guanidine groups is 1. The number of aromatic nitrogens is 2. The average Bonchev–Trinajstić information content (AvgIpc) is 2.85. The lowest BCUT2D eigenvalue weighted by Gasteiger charge is -2.42. The van der Waals surface area contributed by atoms with Gasteiger partial charge in [-0.05, 0) is 24.7 Å². The van der Waals surface area contributed by atoms with Crippen molar-refractivity contribution < 1.29 is 0 Å². The predicted molar refractivity (Wildman–Crippen MR) is 87.2 cm³/mol. The summed E-state index contributed by atoms with van der Waals surface area (Å²) in [5.74, 6) is 2.03. The molecule has 1 fully saturated rings. The molecule has 0 amide bonds. The highest BCUT2D eigenvalue weighted by Gasteiger charge is 2.31. The first-order chi connectivity index (χ1) is 10.1. The maximum absolute atomic E-state index is 4.46. The van der Waals surface area contributed by atoms with Crippen molar-refractivity contribution in [3.63, 3.8) is 0 Å². The molecule has 5 heteroatoms. The van der Waals surface area contributed by atoms with E-state index >= 15 is 0 Å². The summed E-state index contributed by atoms with van der Waals surface area (Å²) in [5, 5.41) is 3.45. The molecule has 2 heterocycles. The molecule has 1 atom stereocenters. The molecule has 1 aliphatic heterocycles. The van der Waals surface area contributed by atoms with Crippen molar-refractivity contribution in [2.75, 3.05) is 20.1 Å². The molecule has 1 saturated heterocycles. The summed E-state index contributed by atoms with van der Waals surface area (Å²) in [6.45, 7) is 7.60. The van der Waals surface area contributed by atoms with Gasteiger partial charge < -0.3 is 14.8 Å². The van der Waals surface area contributed by atoms with Crippen molar-refractivity contribution in [2.45, 2.75) is 46.1 Å². The number of likely N-dealkylation sites (tertiary alicyclic amines) is 1. The molecule has 0 saturated carbocycles. The van der Waals surface area contributed by atoms with Crippen molar-refractivity contribution >= 4 is 5.96 Å². The van der Waals surface area contributed by atoms with E-state index in [1.807, 2.05) is 31.1 Å². The number of hydrogen-bond acceptors (Lipinski definition) is 2. The molecule has 1 aromatic heterocycles. The largest absolute Gasteiger partial charge is 0.349 e. The Hall–Kier alpha value is -1.52. The Balaban J connectivity index is 1.96. The zero-order valence-electron chi connectivity index (χ0n) is 13.9. The van der Waals surface area contributed by atoms with Gasteiger partial charge in [0.25, 0.3) is 0 Å². The van der Waals surface area contributed by atoms with Crippen LogP contribution in [0.3, 0.4) is 0 Å². The topological polar surface area (TPSA) is 45.4 Å². The number of piperidine rings is 1. The van der Waals surface area contributed by atoms with Crippen molar-refractivity contribution in [1.82, 2.24) is 19.8 Å². The maximum Gasteiger partial charge on any atom is 0.194 e. The Morgan fingerprint density at radius 2 is 2.33 bits per heavy atom. The van der Waals surface area contributed by atoms with Crippen LogP contribution in [-0.2, 0) is 13.6 Å². The lowest BCUT2D eigenvalue weighted by atomic mass is 9.78. The van der Waals surface area contributed by atoms with Gasteiger partial charge in [0, 0.05) is 39.6 Å². The number of nitrogens with zero attached hydrogens (tertiary/aromatic N) is 4. The third kappa shape index (κ3) is 3.99. The first-order valence-electron chi connectivity index (χ1n) is 8.00. The van der Waals surface area contributed by atoms with Gasteiger partial charge in [0.05, 0.1) is 6.54 Å². The average molecular weight is 291 g/mol. The lowest BCUT2D eigenvalue weighted by molar-refractivity contribution is 0.142. The molecule has 21 heavy (non-hydrogen) atoms. The smallest absolute Gasteiger partial charge is 0.194 e. The van der Waals surface area contributed by atoms with Gasteiger partial charge in [0.2, 0.25) is 0 Å². The molecule has 1 aromatic rings. The van der Waals surface area contributed by atoms with Crippen LogP contribution in [0.15, 0.2) is 17.4 Å². The third-order valence-electron chi connectivity index (χ3n) is 4.47. The predicted octanol–water partition coefficient (Wildman–Crippen LogP) is 2.40. The quantitative estimate of drug-likeness (QED) is 0.684. The summed E-state index contributed by atoms with van der Waals surface area (Å²) < 4.78 is 2.04. The monoisotopic (exact) mass is 291 g/mol. The van der Waals surface area contributed by atoms with Gasteiger partial charge in [-0.1, -0.05) is 20.3 Å². The second-order valence-electron chi connectivity index (χ2n) is 6.44. The van der Waals surface area contributed by atoms with Crippen molar-refractivity contribution in [3.8, 4) is 0 Å². The lowest BCUT2D eigenvalue weighted by Crippen LogP contribution is -2.49. The molecule has 0 bridgehead atoms. The van der Waals surface area contributed by atoms with Crippen LogP contribution in [-0.4, -0.2) is 40.5 Å². The van der Waals surface area contributed by atoms with Gasteiger partial charge in [-0.15, -0.1) is 0 Å². The number of hydrogen-bond donors (Lipinski definition) is 1. The zero-order chi connectivity index (χ0) is 15.3. The Morgan fingerprint density at radius 3 is 2.95 bits per heavy atom. The van der Waals surface area contributed by atoms with Crippen LogP contribution < -0.4 is 5.32 Å². The van der Waals surface area contributed by atoms with Gasteiger partial charge in [-0.25, -0.2) is 4.98 Å². The van der Waals surface area contributed by atoms with Crippen molar-refractivity contribution in [1.29, 1.82) is 0 Å². The maximum atomic E-state index is 4.46. The van der Waals surface area contributed by atoms with E-state index < -0.39 is 0 Å². The molecule has 1 aliphatic rings. The molecule has 118 valence electrons. The normalized spacial score (nSPS) is 23.4. The van der Waals surface area contributed by atoms with E-state index in [1.165, 1.54) is 25.7 Å². The zero-order valence-corrected chi connectivity index (χ0v) is 13.9. The summed E-state index contributed by atoms with van der Waals surface area (Å²) in [5.41, 5.74) is 0.424. The van der Waals surface area contributed by atoms with E-state index in [0.29, 0.717) is 5.41 Å². The molecule has 2 rings (SSSR count). The van der Waals surface area contributed by atoms with E-state index in [1.54, 1.807) is 0 Å². The van der Waals surface area contributed by atoms with E-state index in [2.05, 4.69) is 34.0 Å². The fourth-order valence-electron chi connectivity index (χ4n) is 3.36. The Kier molecular flexibility index (Phi) is 5.26. The van der Waals surface area contributed by atoms with Gasteiger partial charge in [0.15, 0.2) is 5.96 Å². The fraction of sp³-hybridized carbons (Fsp3) is 0.750. The van der Waals surface area contributed by atoms with Gasteiger partial charge in [-0.3, -0.25) is 4.99 Å². The number of aliphatic imine (C=N–C) groups is 1. The standard InChI is InChI=1S/C16H29N5/c1-5-7-16(2)8-6-10-21(13-16)15(17-3)19-12-14-18-9-11-20(14)4/h9,11H,5-8,10,12-13H2,1-4H3,(H,17,19). The minimum atomic E-state index is 0.424. The van der Waals surface area contributed by atoms with E-state index in [4.69, 9.17) is 0 Å². The number of aryl methyl sites for hydroxylation is 1. The summed E-state index contributed by atoms with van der Waals surface area (Å²) >= 11 is 0. The Morgan fingerprint density at radius 1 is 1.52 bits per heavy atom. The molecule has 0 aromatic carbocycles. The summed E-state index contributed by atoms with van der Waals surface area (Å²) in [7, 11) is 3.89. The molecular weight excluding hydrogens is 262 g/mol. The van der Waals surface area contributed by atoms with Crippen LogP contribution in [0.1, 0.15) is 45.4 Å². The fourth-order valence-corrected chi connectivity index (χ4v) is 3.36. The van der Waals surface area contributed by atoms with Crippen molar-refractivity contribution in [3.05, 3.63) is 18.2 Å². The highest BCUT2D eigenvalue weighted by Crippen LogP contribution is 2.33. The van der Waals surface area contributed by atoms with Crippen LogP contribution in [0.4, 0.5) is 0 Å². The first-order valence-corrected chi connectivity index (χ1v) is 8.00. The van der Waals surface area contributed by atoms with E-state index in [9.17, 15) is 0 Å². The molecular formula is C16H29N5. The molecule has 0 aliphatic carbocycles. The number of nitrogens with one attached hydrogen (secondary N) is 1. The van der Waals surface area contributed by atoms with Gasteiger partial charge in [0.1, 0.15) is 5.82 Å². The summed E-state index contributed by atoms with van der Waals surface area (Å²) in [6.07, 6.45) is 8.93. The van der Waals surface area contributed by atoms with Crippen LogP contribution in [0, 0.1) is 5.41 Å². The van der Waals surface area contributed by atoms with E-state index in [-0.39, 0.29) is 0 Å². The minimum absolute atomic E-state index is 0.424. The van der Waals surface area contributed by atoms with Crippen molar-refractivity contribution in [2.24, 2.45) is 17.5 Å². The second-order valence-corrected chi connectivity index (χ2v) is 6.44. The Bertz CT molecular complexity index is 475. The Labute approximate surface area is 128 Å². The molecule has 0 radical (unpaired) electrons. The minimum Gasteiger partial charge on any atom is -0.349 e. The highest BCUT2D eigenvalue weighted by molar-refractivity contribution is 5.79. The van der Waals surface area contributed by atoms with Gasteiger partial charge in [-0.2, -0.15) is 0 Å². The second kappa shape index (κ2) is 6.96. The SMILES string of the molecule is CCCC1(C)CCCN(C(=NC)NCc2nccn2C)C1. The van der Waals surface area contributed by atoms with Crippen LogP contribution >= 0.6 is 0 Å². The van der Waals surface area contributed by atoms with E-state index in [0.717, 1.165) is 31.4 Å². The van der Waals surface area contributed by atoms with Gasteiger partial charge >= 0.3 is 0 Å². The summed E-state index contributed by atoms with van der Waals surface area (Å²) in [4.78, 5) is 11.2. The molecule has 1 unspecified atom stereocenters.